The molecule has 0 aliphatic heterocycles. The number of carbonyl (C=O) groups excluding carboxylic acids is 2. The highest BCUT2D eigenvalue weighted by Crippen LogP contribution is 2.32. The molecule has 0 radical (unpaired) electrons. The van der Waals surface area contributed by atoms with E-state index in [0.717, 1.165) is 0 Å². The van der Waals surface area contributed by atoms with Crippen LogP contribution in [-0.2, 0) is 19.1 Å². The van der Waals surface area contributed by atoms with Crippen LogP contribution in [0.1, 0.15) is 33.6 Å². The van der Waals surface area contributed by atoms with Crippen LogP contribution in [0.2, 0.25) is 0 Å². The molecule has 0 fully saturated rings. The molecule has 0 heterocycles. The van der Waals surface area contributed by atoms with E-state index in [2.05, 4.69) is 9.47 Å². The predicted octanol–water partition coefficient (Wildman–Crippen LogP) is 2.77. The van der Waals surface area contributed by atoms with E-state index in [1.165, 1.54) is 20.8 Å². The molecule has 0 aromatic carbocycles. The molecule has 0 amide bonds. The third-order valence-corrected chi connectivity index (χ3v) is 2.10. The van der Waals surface area contributed by atoms with Crippen molar-refractivity contribution in [1.82, 2.24) is 0 Å². The van der Waals surface area contributed by atoms with Crippen molar-refractivity contribution in [1.29, 1.82) is 0 Å². The lowest BCUT2D eigenvalue weighted by molar-refractivity contribution is -0.148. The summed E-state index contributed by atoms with van der Waals surface area (Å²) in [5.74, 6) is -2.61. The Labute approximate surface area is 109 Å². The predicted molar refractivity (Wildman–Crippen MR) is 61.3 cm³/mol. The van der Waals surface area contributed by atoms with Crippen molar-refractivity contribution in [2.45, 2.75) is 39.8 Å². The van der Waals surface area contributed by atoms with Gasteiger partial charge in [-0.3, -0.25) is 0 Å². The topological polar surface area (TPSA) is 52.6 Å². The molecule has 0 bridgehead atoms. The number of alkyl halides is 3. The third-order valence-electron chi connectivity index (χ3n) is 2.10. The SMILES string of the molecule is CCCC(=C(C(=O)OCC)C(=O)OCC)C(F)(F)F. The van der Waals surface area contributed by atoms with Crippen molar-refractivity contribution in [3.63, 3.8) is 0 Å². The molecule has 19 heavy (non-hydrogen) atoms. The first-order valence-electron chi connectivity index (χ1n) is 5.94. The van der Waals surface area contributed by atoms with Gasteiger partial charge < -0.3 is 9.47 Å². The van der Waals surface area contributed by atoms with Crippen molar-refractivity contribution < 1.29 is 32.2 Å². The van der Waals surface area contributed by atoms with Gasteiger partial charge in [0.2, 0.25) is 0 Å². The van der Waals surface area contributed by atoms with Crippen molar-refractivity contribution in [3.05, 3.63) is 11.1 Å². The Morgan fingerprint density at radius 3 is 1.63 bits per heavy atom. The van der Waals surface area contributed by atoms with Crippen LogP contribution in [0.4, 0.5) is 13.2 Å². The van der Waals surface area contributed by atoms with E-state index in [9.17, 15) is 22.8 Å². The smallest absolute Gasteiger partial charge is 0.413 e. The van der Waals surface area contributed by atoms with E-state index in [1.807, 2.05) is 0 Å². The molecule has 0 rings (SSSR count). The molecular formula is C12H17F3O4. The van der Waals surface area contributed by atoms with Gasteiger partial charge in [0.15, 0.2) is 5.57 Å². The maximum Gasteiger partial charge on any atom is 0.413 e. The lowest BCUT2D eigenvalue weighted by Crippen LogP contribution is -2.26. The van der Waals surface area contributed by atoms with E-state index in [-0.39, 0.29) is 19.6 Å². The Morgan fingerprint density at radius 1 is 0.947 bits per heavy atom. The molecule has 0 unspecified atom stereocenters. The molecule has 0 aromatic heterocycles. The Balaban J connectivity index is 5.71. The van der Waals surface area contributed by atoms with Crippen molar-refractivity contribution in [3.8, 4) is 0 Å². The monoisotopic (exact) mass is 282 g/mol. The van der Waals surface area contributed by atoms with Crippen LogP contribution in [0.3, 0.4) is 0 Å². The Hall–Kier alpha value is -1.53. The zero-order valence-electron chi connectivity index (χ0n) is 11.1. The number of rotatable bonds is 6. The zero-order chi connectivity index (χ0) is 15.1. The molecule has 0 aliphatic carbocycles. The van der Waals surface area contributed by atoms with Crippen LogP contribution in [0.15, 0.2) is 11.1 Å². The second-order valence-corrected chi connectivity index (χ2v) is 3.54. The quantitative estimate of drug-likeness (QED) is 0.325. The summed E-state index contributed by atoms with van der Waals surface area (Å²) < 4.78 is 47.6. The first-order chi connectivity index (χ1) is 8.79. The Kier molecular flexibility index (Phi) is 7.18. The molecule has 0 atom stereocenters. The van der Waals surface area contributed by atoms with Gasteiger partial charge >= 0.3 is 18.1 Å². The first kappa shape index (κ1) is 17.5. The minimum atomic E-state index is -4.77. The van der Waals surface area contributed by atoms with Crippen LogP contribution in [0, 0.1) is 0 Å². The Bertz CT molecular complexity index is 338. The summed E-state index contributed by atoms with van der Waals surface area (Å²) in [5.41, 5.74) is -2.26. The van der Waals surface area contributed by atoms with Gasteiger partial charge in [-0.25, -0.2) is 9.59 Å². The molecular weight excluding hydrogens is 265 g/mol. The lowest BCUT2D eigenvalue weighted by Gasteiger charge is -2.15. The van der Waals surface area contributed by atoms with Gasteiger partial charge in [0.25, 0.3) is 0 Å². The molecule has 0 aromatic rings. The van der Waals surface area contributed by atoms with Gasteiger partial charge in [0.1, 0.15) is 0 Å². The zero-order valence-corrected chi connectivity index (χ0v) is 11.1. The van der Waals surface area contributed by atoms with Crippen LogP contribution in [0.5, 0.6) is 0 Å². The largest absolute Gasteiger partial charge is 0.462 e. The molecule has 0 N–H and O–H groups in total. The fourth-order valence-electron chi connectivity index (χ4n) is 1.39. The summed E-state index contributed by atoms with van der Waals surface area (Å²) in [6.45, 7) is 4.14. The van der Waals surface area contributed by atoms with E-state index >= 15 is 0 Å². The fraction of sp³-hybridized carbons (Fsp3) is 0.667. The Morgan fingerprint density at radius 2 is 1.37 bits per heavy atom. The fourth-order valence-corrected chi connectivity index (χ4v) is 1.39. The second-order valence-electron chi connectivity index (χ2n) is 3.54. The summed E-state index contributed by atoms with van der Waals surface area (Å²) in [7, 11) is 0. The van der Waals surface area contributed by atoms with Crippen molar-refractivity contribution in [2.24, 2.45) is 0 Å². The van der Waals surface area contributed by atoms with Crippen LogP contribution < -0.4 is 0 Å². The van der Waals surface area contributed by atoms with Gasteiger partial charge in [-0.1, -0.05) is 13.3 Å². The molecule has 0 saturated carbocycles. The summed E-state index contributed by atoms with van der Waals surface area (Å²) >= 11 is 0. The van der Waals surface area contributed by atoms with E-state index < -0.39 is 35.7 Å². The number of hydrogen-bond acceptors (Lipinski definition) is 4. The normalized spacial score (nSPS) is 10.8. The number of halogens is 3. The standard InChI is InChI=1S/C12H17F3O4/c1-4-7-8(12(13,14)15)9(10(16)18-5-2)11(17)19-6-3/h4-7H2,1-3H3. The van der Waals surface area contributed by atoms with E-state index in [4.69, 9.17) is 0 Å². The maximum atomic E-state index is 12.9. The van der Waals surface area contributed by atoms with Gasteiger partial charge in [0, 0.05) is 0 Å². The number of ether oxygens (including phenoxy) is 2. The molecule has 4 nitrogen and oxygen atoms in total. The van der Waals surface area contributed by atoms with Crippen molar-refractivity contribution >= 4 is 11.9 Å². The van der Waals surface area contributed by atoms with Gasteiger partial charge in [-0.15, -0.1) is 0 Å². The van der Waals surface area contributed by atoms with Crippen LogP contribution in [-0.4, -0.2) is 31.3 Å². The van der Waals surface area contributed by atoms with Crippen LogP contribution >= 0.6 is 0 Å². The average molecular weight is 282 g/mol. The maximum absolute atomic E-state index is 12.9. The average Bonchev–Trinajstić information content (AvgIpc) is 2.28. The third kappa shape index (κ3) is 5.32. The number of allylic oxidation sites excluding steroid dienone is 1. The first-order valence-corrected chi connectivity index (χ1v) is 5.94. The lowest BCUT2D eigenvalue weighted by atomic mass is 10.0. The highest BCUT2D eigenvalue weighted by atomic mass is 19.4. The molecule has 110 valence electrons. The molecule has 7 heteroatoms. The van der Waals surface area contributed by atoms with Gasteiger partial charge in [-0.05, 0) is 20.3 Å². The van der Waals surface area contributed by atoms with Gasteiger partial charge in [0.05, 0.1) is 18.8 Å². The molecule has 0 aliphatic rings. The van der Waals surface area contributed by atoms with Crippen LogP contribution in [0.25, 0.3) is 0 Å². The number of esters is 2. The van der Waals surface area contributed by atoms with E-state index in [1.54, 1.807) is 0 Å². The second kappa shape index (κ2) is 7.81. The minimum Gasteiger partial charge on any atom is -0.462 e. The summed E-state index contributed by atoms with van der Waals surface area (Å²) in [6.07, 6.45) is -5.08. The number of carbonyl (C=O) groups is 2. The van der Waals surface area contributed by atoms with Crippen molar-refractivity contribution in [2.75, 3.05) is 13.2 Å². The summed E-state index contributed by atoms with van der Waals surface area (Å²) in [6, 6.07) is 0. The summed E-state index contributed by atoms with van der Waals surface area (Å²) in [5, 5.41) is 0. The number of hydrogen-bond donors (Lipinski definition) is 0. The minimum absolute atomic E-state index is 0.126. The molecule has 0 saturated heterocycles. The highest BCUT2D eigenvalue weighted by Gasteiger charge is 2.40. The highest BCUT2D eigenvalue weighted by molar-refractivity contribution is 6.14. The summed E-state index contributed by atoms with van der Waals surface area (Å²) in [4.78, 5) is 23.1. The molecule has 0 spiro atoms. The van der Waals surface area contributed by atoms with Gasteiger partial charge in [-0.2, -0.15) is 13.2 Å². The van der Waals surface area contributed by atoms with E-state index in [0.29, 0.717) is 0 Å².